The van der Waals surface area contributed by atoms with E-state index in [9.17, 15) is 0 Å². The Bertz CT molecular complexity index is 281. The molecule has 0 nitrogen and oxygen atoms in total. The molecule has 0 heterocycles. The predicted octanol–water partition coefficient (Wildman–Crippen LogP) is 4.60. The van der Waals surface area contributed by atoms with Gasteiger partial charge in [-0.2, -0.15) is 0 Å². The van der Waals surface area contributed by atoms with Crippen molar-refractivity contribution in [1.82, 2.24) is 0 Å². The molecule has 0 fully saturated rings. The summed E-state index contributed by atoms with van der Waals surface area (Å²) >= 11 is 17.7. The summed E-state index contributed by atoms with van der Waals surface area (Å²) in [6, 6.07) is 3.49. The zero-order chi connectivity index (χ0) is 9.14. The summed E-state index contributed by atoms with van der Waals surface area (Å²) in [4.78, 5) is 0. The molecule has 12 heavy (non-hydrogen) atoms. The Kier molecular flexibility index (Phi) is 3.70. The van der Waals surface area contributed by atoms with Crippen molar-refractivity contribution in [2.75, 3.05) is 0 Å². The van der Waals surface area contributed by atoms with Crippen molar-refractivity contribution in [3.63, 3.8) is 0 Å². The van der Waals surface area contributed by atoms with E-state index in [4.69, 9.17) is 34.8 Å². The van der Waals surface area contributed by atoms with Crippen LogP contribution in [0.3, 0.4) is 0 Å². The van der Waals surface area contributed by atoms with Crippen molar-refractivity contribution in [2.24, 2.45) is 0 Å². The maximum atomic E-state index is 5.96. The fourth-order valence-electron chi connectivity index (χ4n) is 1.05. The standard InChI is InChI=1S/C9H9Cl3/c1-2-3-6-7(10)4-5-8(11)9(6)12/h4-5H,2-3H2,1H3. The van der Waals surface area contributed by atoms with Gasteiger partial charge >= 0.3 is 0 Å². The van der Waals surface area contributed by atoms with Gasteiger partial charge < -0.3 is 0 Å². The highest BCUT2D eigenvalue weighted by atomic mass is 35.5. The smallest absolute Gasteiger partial charge is 0.0639 e. The minimum atomic E-state index is 0.574. The van der Waals surface area contributed by atoms with Gasteiger partial charge in [0.1, 0.15) is 0 Å². The molecule has 0 N–H and O–H groups in total. The summed E-state index contributed by atoms with van der Waals surface area (Å²) in [5.74, 6) is 0. The average Bonchev–Trinajstić information content (AvgIpc) is 2.06. The van der Waals surface area contributed by atoms with Crippen molar-refractivity contribution in [3.8, 4) is 0 Å². The summed E-state index contributed by atoms with van der Waals surface area (Å²) in [6.07, 6.45) is 1.89. The van der Waals surface area contributed by atoms with Crippen molar-refractivity contribution in [3.05, 3.63) is 32.8 Å². The van der Waals surface area contributed by atoms with E-state index in [0.29, 0.717) is 15.1 Å². The Hall–Kier alpha value is 0.0900. The second-order valence-electron chi connectivity index (χ2n) is 2.57. The van der Waals surface area contributed by atoms with Gasteiger partial charge in [-0.1, -0.05) is 48.1 Å². The Morgan fingerprint density at radius 1 is 1.08 bits per heavy atom. The van der Waals surface area contributed by atoms with Gasteiger partial charge in [-0.05, 0) is 24.1 Å². The molecule has 1 aromatic carbocycles. The van der Waals surface area contributed by atoms with Gasteiger partial charge in [0.15, 0.2) is 0 Å². The lowest BCUT2D eigenvalue weighted by Crippen LogP contribution is -1.87. The van der Waals surface area contributed by atoms with Crippen molar-refractivity contribution in [1.29, 1.82) is 0 Å². The summed E-state index contributed by atoms with van der Waals surface area (Å²) in [5.41, 5.74) is 0.952. The zero-order valence-electron chi connectivity index (χ0n) is 6.70. The van der Waals surface area contributed by atoms with Crippen LogP contribution in [-0.2, 0) is 6.42 Å². The summed E-state index contributed by atoms with van der Waals surface area (Å²) in [7, 11) is 0. The minimum absolute atomic E-state index is 0.574. The Morgan fingerprint density at radius 2 is 1.67 bits per heavy atom. The van der Waals surface area contributed by atoms with Gasteiger partial charge in [0.2, 0.25) is 0 Å². The van der Waals surface area contributed by atoms with Crippen LogP contribution in [0.5, 0.6) is 0 Å². The van der Waals surface area contributed by atoms with E-state index in [2.05, 4.69) is 6.92 Å². The third kappa shape index (κ3) is 2.07. The lowest BCUT2D eigenvalue weighted by atomic mass is 10.1. The molecule has 0 aliphatic heterocycles. The van der Waals surface area contributed by atoms with E-state index in [1.807, 2.05) is 0 Å². The van der Waals surface area contributed by atoms with E-state index in [0.717, 1.165) is 18.4 Å². The Balaban J connectivity index is 3.14. The molecule has 1 rings (SSSR count). The normalized spacial score (nSPS) is 10.3. The van der Waals surface area contributed by atoms with Crippen molar-refractivity contribution >= 4 is 34.8 Å². The molecule has 3 heteroatoms. The molecule has 0 atom stereocenters. The topological polar surface area (TPSA) is 0 Å². The number of rotatable bonds is 2. The Labute approximate surface area is 87.4 Å². The van der Waals surface area contributed by atoms with Gasteiger partial charge in [0, 0.05) is 5.02 Å². The van der Waals surface area contributed by atoms with E-state index in [1.54, 1.807) is 12.1 Å². The van der Waals surface area contributed by atoms with Crippen LogP contribution in [0.2, 0.25) is 15.1 Å². The predicted molar refractivity (Wildman–Crippen MR) is 55.5 cm³/mol. The van der Waals surface area contributed by atoms with E-state index in [1.165, 1.54) is 0 Å². The second kappa shape index (κ2) is 4.36. The van der Waals surface area contributed by atoms with Gasteiger partial charge in [0.05, 0.1) is 10.0 Å². The molecule has 0 radical (unpaired) electrons. The number of halogens is 3. The molecule has 0 aliphatic carbocycles. The molecule has 0 aliphatic rings. The highest BCUT2D eigenvalue weighted by molar-refractivity contribution is 6.44. The quantitative estimate of drug-likeness (QED) is 0.643. The number of benzene rings is 1. The monoisotopic (exact) mass is 222 g/mol. The molecule has 1 aromatic rings. The maximum absolute atomic E-state index is 5.96. The second-order valence-corrected chi connectivity index (χ2v) is 3.76. The first-order valence-corrected chi connectivity index (χ1v) is 4.92. The summed E-state index contributed by atoms with van der Waals surface area (Å²) in [5, 5.41) is 1.86. The van der Waals surface area contributed by atoms with Crippen LogP contribution in [0, 0.1) is 0 Å². The van der Waals surface area contributed by atoms with Crippen LogP contribution in [0.25, 0.3) is 0 Å². The van der Waals surface area contributed by atoms with E-state index < -0.39 is 0 Å². The molecule has 0 amide bonds. The number of hydrogen-bond donors (Lipinski definition) is 0. The first kappa shape index (κ1) is 10.2. The zero-order valence-corrected chi connectivity index (χ0v) is 8.97. The van der Waals surface area contributed by atoms with Crippen molar-refractivity contribution in [2.45, 2.75) is 19.8 Å². The van der Waals surface area contributed by atoms with Crippen LogP contribution in [-0.4, -0.2) is 0 Å². The molecule has 0 aromatic heterocycles. The summed E-state index contributed by atoms with van der Waals surface area (Å²) < 4.78 is 0. The molecule has 0 bridgehead atoms. The molecule has 0 spiro atoms. The Morgan fingerprint density at radius 3 is 2.25 bits per heavy atom. The molecular weight excluding hydrogens is 214 g/mol. The maximum Gasteiger partial charge on any atom is 0.0639 e. The molecule has 0 unspecified atom stereocenters. The molecular formula is C9H9Cl3. The van der Waals surface area contributed by atoms with Crippen LogP contribution < -0.4 is 0 Å². The molecule has 66 valence electrons. The fraction of sp³-hybridized carbons (Fsp3) is 0.333. The highest BCUT2D eigenvalue weighted by Gasteiger charge is 2.07. The van der Waals surface area contributed by atoms with Crippen LogP contribution in [0.4, 0.5) is 0 Å². The lowest BCUT2D eigenvalue weighted by Gasteiger charge is -2.06. The van der Waals surface area contributed by atoms with Gasteiger partial charge in [0.25, 0.3) is 0 Å². The van der Waals surface area contributed by atoms with E-state index >= 15 is 0 Å². The fourth-order valence-corrected chi connectivity index (χ4v) is 1.78. The number of hydrogen-bond acceptors (Lipinski definition) is 0. The third-order valence-corrected chi connectivity index (χ3v) is 2.84. The minimum Gasteiger partial charge on any atom is -0.0840 e. The highest BCUT2D eigenvalue weighted by Crippen LogP contribution is 2.31. The van der Waals surface area contributed by atoms with Crippen LogP contribution >= 0.6 is 34.8 Å². The van der Waals surface area contributed by atoms with E-state index in [-0.39, 0.29) is 0 Å². The van der Waals surface area contributed by atoms with Crippen LogP contribution in [0.15, 0.2) is 12.1 Å². The van der Waals surface area contributed by atoms with Gasteiger partial charge in [-0.15, -0.1) is 0 Å². The average molecular weight is 224 g/mol. The van der Waals surface area contributed by atoms with Crippen LogP contribution in [0.1, 0.15) is 18.9 Å². The molecule has 0 saturated carbocycles. The molecule has 0 saturated heterocycles. The SMILES string of the molecule is CCCc1c(Cl)ccc(Cl)c1Cl. The van der Waals surface area contributed by atoms with Gasteiger partial charge in [-0.25, -0.2) is 0 Å². The van der Waals surface area contributed by atoms with Crippen molar-refractivity contribution < 1.29 is 0 Å². The third-order valence-electron chi connectivity index (χ3n) is 1.64. The lowest BCUT2D eigenvalue weighted by molar-refractivity contribution is 0.922. The first-order valence-electron chi connectivity index (χ1n) is 3.79. The van der Waals surface area contributed by atoms with Gasteiger partial charge in [-0.3, -0.25) is 0 Å². The largest absolute Gasteiger partial charge is 0.0840 e. The summed E-state index contributed by atoms with van der Waals surface area (Å²) in [6.45, 7) is 2.08. The first-order chi connectivity index (χ1) is 5.66.